The molecule has 2 amide bonds. The number of nitriles is 1. The number of hydrogen-bond acceptors (Lipinski definition) is 3. The molecule has 0 spiro atoms. The highest BCUT2D eigenvalue weighted by Crippen LogP contribution is 2.22. The molecule has 0 saturated carbocycles. The molecular weight excluding hydrogens is 376 g/mol. The zero-order valence-corrected chi connectivity index (χ0v) is 16.6. The van der Waals surface area contributed by atoms with E-state index in [-0.39, 0.29) is 23.9 Å². The molecule has 2 aromatic rings. The molecule has 0 heterocycles. The van der Waals surface area contributed by atoms with Gasteiger partial charge in [-0.15, -0.1) is 0 Å². The minimum Gasteiger partial charge on any atom is -0.341 e. The lowest BCUT2D eigenvalue weighted by Crippen LogP contribution is -2.48. The molecule has 0 radical (unpaired) electrons. The molecular formula is C22H23F2N3O2. The summed E-state index contributed by atoms with van der Waals surface area (Å²) in [5.74, 6) is -2.88. The van der Waals surface area contributed by atoms with Crippen molar-refractivity contribution < 1.29 is 18.4 Å². The van der Waals surface area contributed by atoms with Crippen LogP contribution >= 0.6 is 0 Å². The van der Waals surface area contributed by atoms with Crippen molar-refractivity contribution in [3.8, 4) is 6.07 Å². The lowest BCUT2D eigenvalue weighted by molar-refractivity contribution is -0.122. The topological polar surface area (TPSA) is 82.0 Å². The number of halogens is 2. The molecule has 1 atom stereocenters. The van der Waals surface area contributed by atoms with Crippen molar-refractivity contribution in [2.24, 2.45) is 0 Å². The maximum absolute atomic E-state index is 14.0. The van der Waals surface area contributed by atoms with E-state index in [0.29, 0.717) is 5.56 Å². The molecule has 0 aliphatic heterocycles. The number of nitrogens with zero attached hydrogens (tertiary/aromatic N) is 1. The Morgan fingerprint density at radius 2 is 1.66 bits per heavy atom. The normalized spacial score (nSPS) is 12.0. The van der Waals surface area contributed by atoms with Crippen LogP contribution in [-0.4, -0.2) is 24.4 Å². The first kappa shape index (κ1) is 22.0. The summed E-state index contributed by atoms with van der Waals surface area (Å²) in [6.45, 7) is 5.84. The Bertz CT molecular complexity index is 908. The summed E-state index contributed by atoms with van der Waals surface area (Å²) in [7, 11) is 0. The SMILES string of the molecule is CC(C)(C)c1ccc(C(=O)N[C@@H](Cc2c(F)cccc2F)C(=O)NCC#N)cc1. The minimum absolute atomic E-state index is 0.0862. The van der Waals surface area contributed by atoms with Crippen LogP contribution in [0.4, 0.5) is 8.78 Å². The fraction of sp³-hybridized carbons (Fsp3) is 0.318. The molecule has 0 unspecified atom stereocenters. The predicted octanol–water partition coefficient (Wildman–Crippen LogP) is 3.24. The standard InChI is InChI=1S/C22H23F2N3O2/c1-22(2,3)15-9-7-14(8-10-15)20(28)27-19(21(29)26-12-11-25)13-16-17(23)5-4-6-18(16)24/h4-10,19H,12-13H2,1-3H3,(H,26,29)(H,27,28)/t19-/m0/s1. The van der Waals surface area contributed by atoms with E-state index in [9.17, 15) is 18.4 Å². The third kappa shape index (κ3) is 5.85. The monoisotopic (exact) mass is 399 g/mol. The van der Waals surface area contributed by atoms with E-state index in [1.54, 1.807) is 18.2 Å². The Hall–Kier alpha value is -3.27. The lowest BCUT2D eigenvalue weighted by atomic mass is 9.86. The summed E-state index contributed by atoms with van der Waals surface area (Å²) in [5.41, 5.74) is 0.945. The summed E-state index contributed by atoms with van der Waals surface area (Å²) >= 11 is 0. The number of hydrogen-bond donors (Lipinski definition) is 2. The van der Waals surface area contributed by atoms with Gasteiger partial charge in [0.2, 0.25) is 5.91 Å². The van der Waals surface area contributed by atoms with E-state index in [1.807, 2.05) is 32.9 Å². The average molecular weight is 399 g/mol. The van der Waals surface area contributed by atoms with Gasteiger partial charge in [-0.3, -0.25) is 9.59 Å². The predicted molar refractivity (Wildman–Crippen MR) is 105 cm³/mol. The van der Waals surface area contributed by atoms with E-state index >= 15 is 0 Å². The van der Waals surface area contributed by atoms with E-state index in [1.165, 1.54) is 6.07 Å². The number of amides is 2. The Morgan fingerprint density at radius 3 is 2.17 bits per heavy atom. The maximum atomic E-state index is 14.0. The van der Waals surface area contributed by atoms with Gasteiger partial charge < -0.3 is 10.6 Å². The van der Waals surface area contributed by atoms with Gasteiger partial charge in [0.05, 0.1) is 6.07 Å². The molecule has 152 valence electrons. The summed E-state index contributed by atoms with van der Waals surface area (Å²) < 4.78 is 28.0. The van der Waals surface area contributed by atoms with Gasteiger partial charge in [0, 0.05) is 17.5 Å². The van der Waals surface area contributed by atoms with Crippen molar-refractivity contribution in [2.75, 3.05) is 6.54 Å². The first-order valence-corrected chi connectivity index (χ1v) is 9.12. The van der Waals surface area contributed by atoms with Gasteiger partial charge in [-0.05, 0) is 35.2 Å². The molecule has 7 heteroatoms. The van der Waals surface area contributed by atoms with Crippen LogP contribution in [0.5, 0.6) is 0 Å². The molecule has 0 aromatic heterocycles. The van der Waals surface area contributed by atoms with Gasteiger partial charge in [-0.1, -0.05) is 39.0 Å². The Labute approximate surface area is 168 Å². The molecule has 5 nitrogen and oxygen atoms in total. The van der Waals surface area contributed by atoms with Crippen molar-refractivity contribution in [3.63, 3.8) is 0 Å². The fourth-order valence-corrected chi connectivity index (χ4v) is 2.75. The van der Waals surface area contributed by atoms with Gasteiger partial charge >= 0.3 is 0 Å². The first-order valence-electron chi connectivity index (χ1n) is 9.12. The van der Waals surface area contributed by atoms with E-state index in [2.05, 4.69) is 10.6 Å². The van der Waals surface area contributed by atoms with Crippen LogP contribution in [0.2, 0.25) is 0 Å². The lowest BCUT2D eigenvalue weighted by Gasteiger charge is -2.20. The smallest absolute Gasteiger partial charge is 0.251 e. The third-order valence-corrected chi connectivity index (χ3v) is 4.45. The molecule has 2 aromatic carbocycles. The summed E-state index contributed by atoms with van der Waals surface area (Å²) in [5, 5.41) is 13.5. The van der Waals surface area contributed by atoms with Crippen LogP contribution in [0, 0.1) is 23.0 Å². The summed E-state index contributed by atoms with van der Waals surface area (Å²) in [6, 6.07) is 10.8. The molecule has 29 heavy (non-hydrogen) atoms. The molecule has 0 fully saturated rings. The second-order valence-electron chi connectivity index (χ2n) is 7.63. The van der Waals surface area contributed by atoms with Crippen molar-refractivity contribution in [1.29, 1.82) is 5.26 Å². The first-order chi connectivity index (χ1) is 13.6. The molecule has 0 saturated heterocycles. The second kappa shape index (κ2) is 9.28. The van der Waals surface area contributed by atoms with Crippen LogP contribution in [0.3, 0.4) is 0 Å². The average Bonchev–Trinajstić information content (AvgIpc) is 2.67. The highest BCUT2D eigenvalue weighted by molar-refractivity contribution is 5.97. The molecule has 0 bridgehead atoms. The Balaban J connectivity index is 2.24. The van der Waals surface area contributed by atoms with Crippen LogP contribution < -0.4 is 10.6 Å². The number of carbonyl (C=O) groups is 2. The number of benzene rings is 2. The Morgan fingerprint density at radius 1 is 1.07 bits per heavy atom. The van der Waals surface area contributed by atoms with Gasteiger partial charge in [-0.25, -0.2) is 8.78 Å². The van der Waals surface area contributed by atoms with Crippen LogP contribution in [0.25, 0.3) is 0 Å². The van der Waals surface area contributed by atoms with E-state index in [4.69, 9.17) is 5.26 Å². The number of nitrogens with one attached hydrogen (secondary N) is 2. The maximum Gasteiger partial charge on any atom is 0.251 e. The summed E-state index contributed by atoms with van der Waals surface area (Å²) in [4.78, 5) is 25.0. The van der Waals surface area contributed by atoms with Gasteiger partial charge in [0.25, 0.3) is 5.91 Å². The van der Waals surface area contributed by atoms with Crippen LogP contribution in [-0.2, 0) is 16.6 Å². The molecule has 2 rings (SSSR count). The second-order valence-corrected chi connectivity index (χ2v) is 7.63. The van der Waals surface area contributed by atoms with Gasteiger partial charge in [0.15, 0.2) is 0 Å². The van der Waals surface area contributed by atoms with Crippen molar-refractivity contribution in [3.05, 3.63) is 70.8 Å². The minimum atomic E-state index is -1.25. The van der Waals surface area contributed by atoms with E-state index < -0.39 is 29.5 Å². The van der Waals surface area contributed by atoms with Gasteiger partial charge in [-0.2, -0.15) is 5.26 Å². The highest BCUT2D eigenvalue weighted by Gasteiger charge is 2.25. The van der Waals surface area contributed by atoms with Crippen LogP contribution in [0.15, 0.2) is 42.5 Å². The largest absolute Gasteiger partial charge is 0.341 e. The fourth-order valence-electron chi connectivity index (χ4n) is 2.75. The molecule has 2 N–H and O–H groups in total. The van der Waals surface area contributed by atoms with Crippen molar-refractivity contribution in [2.45, 2.75) is 38.6 Å². The van der Waals surface area contributed by atoms with Crippen LogP contribution in [0.1, 0.15) is 42.3 Å². The zero-order chi connectivity index (χ0) is 21.6. The quantitative estimate of drug-likeness (QED) is 0.732. The number of carbonyl (C=O) groups excluding carboxylic acids is 2. The van der Waals surface area contributed by atoms with Crippen molar-refractivity contribution >= 4 is 11.8 Å². The summed E-state index contributed by atoms with van der Waals surface area (Å²) in [6.07, 6.45) is -0.387. The third-order valence-electron chi connectivity index (χ3n) is 4.45. The van der Waals surface area contributed by atoms with Gasteiger partial charge in [0.1, 0.15) is 24.2 Å². The number of rotatable bonds is 6. The molecule has 0 aliphatic rings. The molecule has 0 aliphatic carbocycles. The zero-order valence-electron chi connectivity index (χ0n) is 16.6. The highest BCUT2D eigenvalue weighted by atomic mass is 19.1. The van der Waals surface area contributed by atoms with Crippen molar-refractivity contribution in [1.82, 2.24) is 10.6 Å². The van der Waals surface area contributed by atoms with E-state index in [0.717, 1.165) is 17.7 Å². The Kier molecular flexibility index (Phi) is 7.05.